The van der Waals surface area contributed by atoms with Gasteiger partial charge in [0.2, 0.25) is 0 Å². The van der Waals surface area contributed by atoms with Gasteiger partial charge < -0.3 is 9.94 Å². The van der Waals surface area contributed by atoms with Crippen LogP contribution in [0.5, 0.6) is 11.5 Å². The second-order valence-electron chi connectivity index (χ2n) is 9.16. The normalized spacial score (nSPS) is 17.2. The summed E-state index contributed by atoms with van der Waals surface area (Å²) in [4.78, 5) is 5.75. The fraction of sp³-hybridized carbons (Fsp3) is 0.419. The van der Waals surface area contributed by atoms with Gasteiger partial charge in [0.15, 0.2) is 0 Å². The number of benzene rings is 3. The van der Waals surface area contributed by atoms with Gasteiger partial charge in [0.05, 0.1) is 0 Å². The van der Waals surface area contributed by atoms with Crippen LogP contribution in [-0.2, 0) is 12.8 Å². The summed E-state index contributed by atoms with van der Waals surface area (Å²) < 4.78 is 0. The molecule has 0 bridgehead atoms. The van der Waals surface area contributed by atoms with Crippen LogP contribution >= 0.6 is 0 Å². The lowest BCUT2D eigenvalue weighted by atomic mass is 9.99. The Balaban J connectivity index is 0.000000190. The molecule has 1 aliphatic heterocycles. The molecule has 0 radical (unpaired) electrons. The average molecular weight is 462 g/mol. The number of hydroxylamine groups is 2. The molecule has 0 aliphatic carbocycles. The van der Waals surface area contributed by atoms with E-state index in [0.29, 0.717) is 5.75 Å². The van der Waals surface area contributed by atoms with E-state index in [-0.39, 0.29) is 0 Å². The van der Waals surface area contributed by atoms with Crippen LogP contribution in [0, 0.1) is 11.8 Å². The summed E-state index contributed by atoms with van der Waals surface area (Å²) in [6, 6.07) is 27.6. The fourth-order valence-electron chi connectivity index (χ4n) is 3.89. The third kappa shape index (κ3) is 10.4. The molecule has 4 rings (SSSR count). The van der Waals surface area contributed by atoms with E-state index in [4.69, 9.17) is 9.94 Å². The minimum Gasteiger partial charge on any atom is -0.508 e. The maximum absolute atomic E-state index is 8.63. The monoisotopic (exact) mass is 461 g/mol. The summed E-state index contributed by atoms with van der Waals surface area (Å²) in [6.45, 7) is 11.1. The summed E-state index contributed by atoms with van der Waals surface area (Å²) in [5.74, 6) is 2.73. The number of phenolic OH excluding ortho intramolecular Hbond substituents is 1. The van der Waals surface area contributed by atoms with Crippen molar-refractivity contribution in [3.05, 3.63) is 96.1 Å². The Hall–Kier alpha value is -2.78. The van der Waals surface area contributed by atoms with Crippen molar-refractivity contribution < 1.29 is 9.94 Å². The Morgan fingerprint density at radius 2 is 1.21 bits per heavy atom. The number of hydrogen-bond donors (Lipinski definition) is 1. The zero-order chi connectivity index (χ0) is 24.6. The molecule has 3 aromatic rings. The number of rotatable bonds is 7. The Kier molecular flexibility index (Phi) is 12.9. The predicted molar refractivity (Wildman–Crippen MR) is 144 cm³/mol. The molecule has 3 nitrogen and oxygen atoms in total. The molecular formula is C31H43NO2. The van der Waals surface area contributed by atoms with E-state index in [2.05, 4.69) is 57.0 Å². The predicted octanol–water partition coefficient (Wildman–Crippen LogP) is 7.94. The van der Waals surface area contributed by atoms with Crippen molar-refractivity contribution in [2.75, 3.05) is 13.1 Å². The second kappa shape index (κ2) is 16.0. The van der Waals surface area contributed by atoms with E-state index >= 15 is 0 Å². The SMILES string of the molecule is CC1CN(Oc2ccccc2)CC1C.CCCCc1ccccc1CCC.Oc1ccccc1. The van der Waals surface area contributed by atoms with Crippen molar-refractivity contribution in [2.45, 2.75) is 59.8 Å². The van der Waals surface area contributed by atoms with E-state index in [1.54, 1.807) is 35.4 Å². The van der Waals surface area contributed by atoms with Gasteiger partial charge in [-0.25, -0.2) is 0 Å². The first-order valence-electron chi connectivity index (χ1n) is 12.8. The van der Waals surface area contributed by atoms with Crippen molar-refractivity contribution in [1.82, 2.24) is 5.06 Å². The number of phenols is 1. The van der Waals surface area contributed by atoms with Gasteiger partial charge in [0.25, 0.3) is 0 Å². The minimum absolute atomic E-state index is 0.322. The molecule has 2 unspecified atom stereocenters. The highest BCUT2D eigenvalue weighted by molar-refractivity contribution is 5.27. The lowest BCUT2D eigenvalue weighted by Gasteiger charge is -2.16. The van der Waals surface area contributed by atoms with Crippen LogP contribution in [0.25, 0.3) is 0 Å². The summed E-state index contributed by atoms with van der Waals surface area (Å²) in [6.07, 6.45) is 6.36. The van der Waals surface area contributed by atoms with Crippen molar-refractivity contribution in [3.8, 4) is 11.5 Å². The third-order valence-electron chi connectivity index (χ3n) is 6.13. The van der Waals surface area contributed by atoms with Crippen LogP contribution in [-0.4, -0.2) is 23.3 Å². The molecule has 184 valence electrons. The van der Waals surface area contributed by atoms with Crippen LogP contribution in [0.2, 0.25) is 0 Å². The average Bonchev–Trinajstić information content (AvgIpc) is 3.17. The first-order chi connectivity index (χ1) is 16.5. The van der Waals surface area contributed by atoms with Crippen molar-refractivity contribution in [3.63, 3.8) is 0 Å². The van der Waals surface area contributed by atoms with E-state index < -0.39 is 0 Å². The van der Waals surface area contributed by atoms with Crippen LogP contribution < -0.4 is 4.84 Å². The molecule has 0 spiro atoms. The standard InChI is InChI=1S/C13H20.C12H17NO.C6H6O/c1-3-5-9-13-11-7-6-10-12(13)8-4-2;1-10-8-13(9-11(10)2)14-12-6-4-3-5-7-12;7-6-4-2-1-3-5-6/h6-7,10-11H,3-5,8-9H2,1-2H3;3-7,10-11H,8-9H2,1-2H3;1-5,7H. The third-order valence-corrected chi connectivity index (χ3v) is 6.13. The number of aryl methyl sites for hydroxylation is 2. The molecular weight excluding hydrogens is 418 g/mol. The molecule has 34 heavy (non-hydrogen) atoms. The van der Waals surface area contributed by atoms with Gasteiger partial charge in [0, 0.05) is 13.1 Å². The molecule has 2 atom stereocenters. The zero-order valence-corrected chi connectivity index (χ0v) is 21.5. The Morgan fingerprint density at radius 1 is 0.706 bits per heavy atom. The Morgan fingerprint density at radius 3 is 1.68 bits per heavy atom. The van der Waals surface area contributed by atoms with Gasteiger partial charge in [-0.15, -0.1) is 5.06 Å². The van der Waals surface area contributed by atoms with E-state index in [1.807, 2.05) is 36.4 Å². The van der Waals surface area contributed by atoms with Crippen LogP contribution in [0.1, 0.15) is 58.1 Å². The summed E-state index contributed by atoms with van der Waals surface area (Å²) in [5, 5.41) is 10.7. The maximum Gasteiger partial charge on any atom is 0.147 e. The molecule has 0 saturated carbocycles. The summed E-state index contributed by atoms with van der Waals surface area (Å²) in [5.41, 5.74) is 3.12. The molecule has 3 heteroatoms. The largest absolute Gasteiger partial charge is 0.508 e. The minimum atomic E-state index is 0.322. The zero-order valence-electron chi connectivity index (χ0n) is 21.5. The fourth-order valence-corrected chi connectivity index (χ4v) is 3.89. The lowest BCUT2D eigenvalue weighted by Crippen LogP contribution is -2.24. The molecule has 1 heterocycles. The van der Waals surface area contributed by atoms with E-state index in [9.17, 15) is 0 Å². The van der Waals surface area contributed by atoms with Crippen molar-refractivity contribution in [1.29, 1.82) is 0 Å². The van der Waals surface area contributed by atoms with E-state index in [1.165, 1.54) is 32.1 Å². The Labute approximate surface area is 207 Å². The number of aromatic hydroxyl groups is 1. The highest BCUT2D eigenvalue weighted by Crippen LogP contribution is 2.23. The Bertz CT molecular complexity index is 888. The smallest absolute Gasteiger partial charge is 0.147 e. The first kappa shape index (κ1) is 27.5. The molecule has 1 N–H and O–H groups in total. The number of para-hydroxylation sites is 2. The van der Waals surface area contributed by atoms with Gasteiger partial charge in [0.1, 0.15) is 11.5 Å². The molecule has 1 saturated heterocycles. The number of hydrogen-bond acceptors (Lipinski definition) is 3. The highest BCUT2D eigenvalue weighted by atomic mass is 16.7. The number of nitrogens with zero attached hydrogens (tertiary/aromatic N) is 1. The van der Waals surface area contributed by atoms with E-state index in [0.717, 1.165) is 30.7 Å². The van der Waals surface area contributed by atoms with Gasteiger partial charge in [-0.05, 0) is 66.5 Å². The second-order valence-corrected chi connectivity index (χ2v) is 9.16. The van der Waals surface area contributed by atoms with Crippen LogP contribution in [0.15, 0.2) is 84.9 Å². The van der Waals surface area contributed by atoms with Crippen LogP contribution in [0.4, 0.5) is 0 Å². The lowest BCUT2D eigenvalue weighted by molar-refractivity contribution is -0.0398. The topological polar surface area (TPSA) is 32.7 Å². The van der Waals surface area contributed by atoms with Gasteiger partial charge in [-0.2, -0.15) is 0 Å². The van der Waals surface area contributed by atoms with Crippen LogP contribution in [0.3, 0.4) is 0 Å². The molecule has 1 fully saturated rings. The van der Waals surface area contributed by atoms with Gasteiger partial charge >= 0.3 is 0 Å². The summed E-state index contributed by atoms with van der Waals surface area (Å²) in [7, 11) is 0. The molecule has 1 aliphatic rings. The summed E-state index contributed by atoms with van der Waals surface area (Å²) >= 11 is 0. The van der Waals surface area contributed by atoms with Gasteiger partial charge in [-0.1, -0.05) is 101 Å². The first-order valence-corrected chi connectivity index (χ1v) is 12.8. The number of unbranched alkanes of at least 4 members (excludes halogenated alkanes) is 1. The maximum atomic E-state index is 8.63. The van der Waals surface area contributed by atoms with Crippen molar-refractivity contribution >= 4 is 0 Å². The highest BCUT2D eigenvalue weighted by Gasteiger charge is 2.27. The molecule has 0 amide bonds. The quantitative estimate of drug-likeness (QED) is 0.387. The van der Waals surface area contributed by atoms with Crippen molar-refractivity contribution in [2.24, 2.45) is 11.8 Å². The molecule has 3 aromatic carbocycles. The molecule has 0 aromatic heterocycles. The van der Waals surface area contributed by atoms with Gasteiger partial charge in [-0.3, -0.25) is 0 Å².